The molecule has 2 N–H and O–H groups in total. The number of aliphatic hydroxyl groups is 2. The quantitative estimate of drug-likeness (QED) is 0.701. The van der Waals surface area contributed by atoms with Crippen LogP contribution in [-0.4, -0.2) is 52.5 Å². The number of fused-ring (bicyclic) bond motifs is 7. The largest absolute Gasteiger partial charge is 0.393 e. The molecule has 31 heavy (non-hydrogen) atoms. The smallest absolute Gasteiger partial charge is 0.193 e. The number of carbonyl (C=O) groups is 2. The highest BCUT2D eigenvalue weighted by molar-refractivity contribution is 6.01. The third kappa shape index (κ3) is 2.65. The van der Waals surface area contributed by atoms with Crippen molar-refractivity contribution in [3.8, 4) is 0 Å². The van der Waals surface area contributed by atoms with Crippen LogP contribution in [0.2, 0.25) is 0 Å². The first kappa shape index (κ1) is 14.0. The second-order valence-corrected chi connectivity index (χ2v) is 10.0. The summed E-state index contributed by atoms with van der Waals surface area (Å²) in [5.74, 6) is -1.82. The zero-order valence-corrected chi connectivity index (χ0v) is 17.7. The molecule has 1 heterocycles. The Morgan fingerprint density at radius 1 is 1.45 bits per heavy atom. The van der Waals surface area contributed by atoms with E-state index in [1.165, 1.54) is 6.08 Å². The van der Waals surface area contributed by atoms with Crippen molar-refractivity contribution in [2.24, 2.45) is 28.6 Å². The van der Waals surface area contributed by atoms with Crippen LogP contribution < -0.4 is 0 Å². The molecule has 5 rings (SSSR count). The third-order valence-corrected chi connectivity index (χ3v) is 8.88. The molecule has 0 unspecified atom stereocenters. The Kier molecular flexibility index (Phi) is 3.20. The SMILES string of the molecule is [2H]C([2H])([2H])C([2H])([2H])C([2H])([2H])[C@]1([2H])O[C@@H]2C[C@@H]3[C@@H]4CCC5=CC(=O)C=C[C@]5(C)[C@H]4[C@H](O)C[C@]3(C)[C@]2(C(=O)CO)O1. The molecule has 5 aliphatic rings. The van der Waals surface area contributed by atoms with Crippen molar-refractivity contribution in [2.75, 3.05) is 6.61 Å². The summed E-state index contributed by atoms with van der Waals surface area (Å²) in [7, 11) is 0. The van der Waals surface area contributed by atoms with E-state index < -0.39 is 66.9 Å². The Morgan fingerprint density at radius 2 is 2.26 bits per heavy atom. The van der Waals surface area contributed by atoms with Crippen LogP contribution in [0.15, 0.2) is 23.8 Å². The lowest BCUT2D eigenvalue weighted by molar-refractivity contribution is -0.200. The molecule has 0 aromatic carbocycles. The molecule has 9 atom stereocenters. The number of ether oxygens (including phenoxy) is 2. The van der Waals surface area contributed by atoms with Gasteiger partial charge in [-0.3, -0.25) is 9.59 Å². The number of Topliss-reactive ketones (excluding diaryl/α,β-unsaturated/α-hetero) is 1. The maximum absolute atomic E-state index is 13.5. The van der Waals surface area contributed by atoms with E-state index in [2.05, 4.69) is 0 Å². The molecule has 4 fully saturated rings. The average Bonchev–Trinajstić information content (AvgIpc) is 3.26. The standard InChI is InChI=1S/C25H34O6/c1-4-5-21-30-20-11-17-16-7-6-14-10-15(27)8-9-23(14,2)22(16)18(28)12-24(17,3)25(20,31-21)19(29)13-26/h8-10,16-18,20-22,26,28H,4-7,11-13H2,1-3H3/t16-,17+,18+,20+,21+,22+,23-,24-,25+/m0/s1/i1D3,4D2,5D2,21D. The summed E-state index contributed by atoms with van der Waals surface area (Å²) in [6.07, 6.45) is -6.48. The molecule has 6 nitrogen and oxygen atoms in total. The summed E-state index contributed by atoms with van der Waals surface area (Å²) in [6.45, 7) is -0.863. The Hall–Kier alpha value is -1.34. The molecule has 1 saturated heterocycles. The van der Waals surface area contributed by atoms with E-state index in [9.17, 15) is 19.8 Å². The van der Waals surface area contributed by atoms with Crippen LogP contribution in [0.5, 0.6) is 0 Å². The minimum atomic E-state index is -3.59. The molecular formula is C25H34O6. The number of hydrogen-bond acceptors (Lipinski definition) is 6. The first-order valence-corrected chi connectivity index (χ1v) is 10.9. The van der Waals surface area contributed by atoms with E-state index in [0.29, 0.717) is 12.8 Å². The highest BCUT2D eigenvalue weighted by Gasteiger charge is 2.75. The van der Waals surface area contributed by atoms with Crippen molar-refractivity contribution >= 4 is 11.6 Å². The molecule has 0 spiro atoms. The van der Waals surface area contributed by atoms with Crippen molar-refractivity contribution in [2.45, 2.75) is 83.2 Å². The predicted octanol–water partition coefficient (Wildman–Crippen LogP) is 2.72. The fraction of sp³-hybridized carbons (Fsp3) is 0.760. The summed E-state index contributed by atoms with van der Waals surface area (Å²) in [6, 6.07) is 0. The number of rotatable bonds is 4. The lowest BCUT2D eigenvalue weighted by Crippen LogP contribution is -2.63. The topological polar surface area (TPSA) is 93.1 Å². The molecular weight excluding hydrogens is 396 g/mol. The van der Waals surface area contributed by atoms with Crippen molar-refractivity contribution in [1.82, 2.24) is 0 Å². The van der Waals surface area contributed by atoms with Gasteiger partial charge in [0.1, 0.15) is 6.61 Å². The van der Waals surface area contributed by atoms with Crippen molar-refractivity contribution < 1.29 is 40.2 Å². The normalized spacial score (nSPS) is 57.9. The highest BCUT2D eigenvalue weighted by atomic mass is 16.7. The van der Waals surface area contributed by atoms with Crippen LogP contribution in [0, 0.1) is 28.6 Å². The maximum Gasteiger partial charge on any atom is 0.193 e. The summed E-state index contributed by atoms with van der Waals surface area (Å²) in [4.78, 5) is 25.6. The molecule has 0 aromatic rings. The first-order chi connectivity index (χ1) is 17.7. The van der Waals surface area contributed by atoms with Crippen molar-refractivity contribution in [3.05, 3.63) is 23.8 Å². The molecule has 4 aliphatic carbocycles. The minimum Gasteiger partial charge on any atom is -0.393 e. The Morgan fingerprint density at radius 3 is 3.00 bits per heavy atom. The van der Waals surface area contributed by atoms with Gasteiger partial charge < -0.3 is 19.7 Å². The van der Waals surface area contributed by atoms with Gasteiger partial charge in [0, 0.05) is 26.3 Å². The van der Waals surface area contributed by atoms with Gasteiger partial charge in [-0.05, 0) is 56.0 Å². The summed E-state index contributed by atoms with van der Waals surface area (Å²) >= 11 is 0. The average molecular weight is 439 g/mol. The second kappa shape index (κ2) is 7.08. The molecule has 3 saturated carbocycles. The lowest BCUT2D eigenvalue weighted by Gasteiger charge is -2.59. The first-order valence-electron chi connectivity index (χ1n) is 14.9. The van der Waals surface area contributed by atoms with Gasteiger partial charge in [-0.15, -0.1) is 0 Å². The van der Waals surface area contributed by atoms with Gasteiger partial charge in [0.05, 0.1) is 13.6 Å². The number of ketones is 2. The molecule has 0 aromatic heterocycles. The van der Waals surface area contributed by atoms with E-state index in [1.54, 1.807) is 13.0 Å². The summed E-state index contributed by atoms with van der Waals surface area (Å²) in [5, 5.41) is 21.6. The van der Waals surface area contributed by atoms with Gasteiger partial charge in [0.25, 0.3) is 0 Å². The number of allylic oxidation sites excluding steroid dienone is 4. The summed E-state index contributed by atoms with van der Waals surface area (Å²) in [5.41, 5.74) is -3.04. The molecule has 0 amide bonds. The third-order valence-electron chi connectivity index (χ3n) is 8.88. The van der Waals surface area contributed by atoms with Crippen LogP contribution in [0.25, 0.3) is 0 Å². The lowest BCUT2D eigenvalue weighted by atomic mass is 9.46. The van der Waals surface area contributed by atoms with Gasteiger partial charge in [-0.1, -0.05) is 38.7 Å². The van der Waals surface area contributed by atoms with Crippen LogP contribution in [0.4, 0.5) is 0 Å². The summed E-state index contributed by atoms with van der Waals surface area (Å²) < 4.78 is 75.9. The fourth-order valence-electron chi connectivity index (χ4n) is 7.69. The van der Waals surface area contributed by atoms with Gasteiger partial charge in [0.15, 0.2) is 23.4 Å². The van der Waals surface area contributed by atoms with E-state index in [4.69, 9.17) is 20.4 Å². The Balaban J connectivity index is 1.58. The Bertz CT molecular complexity index is 1170. The van der Waals surface area contributed by atoms with Gasteiger partial charge >= 0.3 is 0 Å². The monoisotopic (exact) mass is 438 g/mol. The molecule has 6 heteroatoms. The fourth-order valence-corrected chi connectivity index (χ4v) is 7.69. The van der Waals surface area contributed by atoms with E-state index in [0.717, 1.165) is 5.57 Å². The number of hydrogen-bond donors (Lipinski definition) is 2. The molecule has 0 bridgehead atoms. The van der Waals surface area contributed by atoms with Gasteiger partial charge in [0.2, 0.25) is 0 Å². The second-order valence-electron chi connectivity index (χ2n) is 10.0. The van der Waals surface area contributed by atoms with Crippen LogP contribution in [0.3, 0.4) is 0 Å². The van der Waals surface area contributed by atoms with Gasteiger partial charge in [-0.2, -0.15) is 0 Å². The number of carbonyl (C=O) groups excluding carboxylic acids is 2. The highest BCUT2D eigenvalue weighted by Crippen LogP contribution is 2.69. The molecule has 170 valence electrons. The van der Waals surface area contributed by atoms with E-state index in [-0.39, 0.29) is 36.4 Å². The zero-order chi connectivity index (χ0) is 29.2. The van der Waals surface area contributed by atoms with E-state index in [1.807, 2.05) is 13.0 Å². The van der Waals surface area contributed by atoms with Crippen LogP contribution >= 0.6 is 0 Å². The molecule has 0 radical (unpaired) electrons. The van der Waals surface area contributed by atoms with Gasteiger partial charge in [-0.25, -0.2) is 0 Å². The molecule has 1 aliphatic heterocycles. The predicted molar refractivity (Wildman–Crippen MR) is 113 cm³/mol. The van der Waals surface area contributed by atoms with E-state index >= 15 is 0 Å². The van der Waals surface area contributed by atoms with Crippen molar-refractivity contribution in [1.29, 1.82) is 0 Å². The van der Waals surface area contributed by atoms with Crippen LogP contribution in [0.1, 0.15) is 70.1 Å². The maximum atomic E-state index is 13.5. The Labute approximate surface area is 194 Å². The zero-order valence-electron chi connectivity index (χ0n) is 25.7. The number of aliphatic hydroxyl groups excluding tert-OH is 2. The van der Waals surface area contributed by atoms with Crippen LogP contribution in [-0.2, 0) is 19.1 Å². The minimum absolute atomic E-state index is 0.0274. The van der Waals surface area contributed by atoms with Crippen molar-refractivity contribution in [3.63, 3.8) is 0 Å².